The highest BCUT2D eigenvalue weighted by molar-refractivity contribution is 6.06. The third-order valence-corrected chi connectivity index (χ3v) is 5.34. The van der Waals surface area contributed by atoms with Crippen molar-refractivity contribution in [3.8, 4) is 0 Å². The number of aryl methyl sites for hydroxylation is 1. The lowest BCUT2D eigenvalue weighted by Crippen LogP contribution is -2.33. The van der Waals surface area contributed by atoms with E-state index in [2.05, 4.69) is 11.2 Å². The second-order valence-corrected chi connectivity index (χ2v) is 6.59. The predicted octanol–water partition coefficient (Wildman–Crippen LogP) is 3.64. The molecule has 2 aromatic carbocycles. The molecule has 0 fully saturated rings. The Balaban J connectivity index is 1.83. The summed E-state index contributed by atoms with van der Waals surface area (Å²) >= 11 is 0. The van der Waals surface area contributed by atoms with Gasteiger partial charge in [-0.2, -0.15) is 0 Å². The Labute approximate surface area is 141 Å². The van der Waals surface area contributed by atoms with E-state index in [1.807, 2.05) is 49.5 Å². The van der Waals surface area contributed by atoms with E-state index in [0.29, 0.717) is 5.71 Å². The van der Waals surface area contributed by atoms with Crippen molar-refractivity contribution in [3.63, 3.8) is 0 Å². The van der Waals surface area contributed by atoms with Gasteiger partial charge in [0.05, 0.1) is 11.8 Å². The first kappa shape index (κ1) is 14.9. The SMILES string of the molecule is CN1C(=O)c2ccccc2[C@H]1[C@@H]1CCCc2ccccc2/C1=N\O. The minimum absolute atomic E-state index is 0.00347. The molecule has 1 heterocycles. The van der Waals surface area contributed by atoms with Crippen LogP contribution in [0, 0.1) is 5.92 Å². The second kappa shape index (κ2) is 5.78. The molecule has 2 atom stereocenters. The molecular formula is C20H20N2O2. The van der Waals surface area contributed by atoms with Gasteiger partial charge in [0.25, 0.3) is 5.91 Å². The summed E-state index contributed by atoms with van der Waals surface area (Å²) in [6, 6.07) is 15.8. The molecule has 0 spiro atoms. The van der Waals surface area contributed by atoms with E-state index >= 15 is 0 Å². The highest BCUT2D eigenvalue weighted by Gasteiger charge is 2.42. The topological polar surface area (TPSA) is 52.9 Å². The van der Waals surface area contributed by atoms with Crippen LogP contribution in [0.5, 0.6) is 0 Å². The molecule has 0 saturated heterocycles. The Kier molecular flexibility index (Phi) is 3.60. The van der Waals surface area contributed by atoms with Crippen molar-refractivity contribution < 1.29 is 10.0 Å². The first-order valence-electron chi connectivity index (χ1n) is 8.38. The van der Waals surface area contributed by atoms with Crippen molar-refractivity contribution in [2.75, 3.05) is 7.05 Å². The van der Waals surface area contributed by atoms with Gasteiger partial charge in [-0.3, -0.25) is 4.79 Å². The zero-order chi connectivity index (χ0) is 16.7. The summed E-state index contributed by atoms with van der Waals surface area (Å²) in [7, 11) is 1.85. The molecule has 0 saturated carbocycles. The van der Waals surface area contributed by atoms with E-state index in [4.69, 9.17) is 0 Å². The standard InChI is InChI=1S/C20H20N2O2/c1-22-19(15-10-4-5-11-16(15)20(22)23)17-12-6-8-13-7-2-3-9-14(13)18(17)21-24/h2-5,7,9-11,17,19,24H,6,8,12H2,1H3/b21-18+/t17-,19+/m1/s1. The average Bonchev–Trinajstić information content (AvgIpc) is 2.77. The molecule has 2 aliphatic rings. The maximum Gasteiger partial charge on any atom is 0.254 e. The van der Waals surface area contributed by atoms with Crippen molar-refractivity contribution in [1.29, 1.82) is 0 Å². The Morgan fingerprint density at radius 1 is 1.08 bits per heavy atom. The fraction of sp³-hybridized carbons (Fsp3) is 0.300. The van der Waals surface area contributed by atoms with Crippen molar-refractivity contribution in [2.45, 2.75) is 25.3 Å². The van der Waals surface area contributed by atoms with E-state index in [1.54, 1.807) is 4.90 Å². The smallest absolute Gasteiger partial charge is 0.254 e. The molecule has 1 aliphatic carbocycles. The van der Waals surface area contributed by atoms with Gasteiger partial charge in [-0.05, 0) is 36.5 Å². The third-order valence-electron chi connectivity index (χ3n) is 5.34. The molecule has 0 aromatic heterocycles. The van der Waals surface area contributed by atoms with Crippen LogP contribution in [0.25, 0.3) is 0 Å². The van der Waals surface area contributed by atoms with E-state index < -0.39 is 0 Å². The number of amides is 1. The van der Waals surface area contributed by atoms with Crippen LogP contribution in [0.15, 0.2) is 53.7 Å². The quantitative estimate of drug-likeness (QED) is 0.495. The molecule has 0 unspecified atom stereocenters. The van der Waals surface area contributed by atoms with E-state index in [-0.39, 0.29) is 17.9 Å². The molecular weight excluding hydrogens is 300 g/mol. The van der Waals surface area contributed by atoms with E-state index in [0.717, 1.165) is 36.0 Å². The minimum atomic E-state index is -0.0780. The summed E-state index contributed by atoms with van der Waals surface area (Å²) in [5.74, 6) is 0.0432. The summed E-state index contributed by atoms with van der Waals surface area (Å²) in [6.45, 7) is 0. The lowest BCUT2D eigenvalue weighted by atomic mass is 9.84. The highest BCUT2D eigenvalue weighted by Crippen LogP contribution is 2.42. The van der Waals surface area contributed by atoms with Crippen molar-refractivity contribution in [2.24, 2.45) is 11.1 Å². The summed E-state index contributed by atoms with van der Waals surface area (Å²) in [4.78, 5) is 14.4. The van der Waals surface area contributed by atoms with Crippen molar-refractivity contribution in [1.82, 2.24) is 4.90 Å². The molecule has 1 aliphatic heterocycles. The number of carbonyl (C=O) groups excluding carboxylic acids is 1. The first-order chi connectivity index (χ1) is 11.7. The molecule has 4 heteroatoms. The molecule has 4 nitrogen and oxygen atoms in total. The van der Waals surface area contributed by atoms with Crippen LogP contribution in [-0.2, 0) is 6.42 Å². The lowest BCUT2D eigenvalue weighted by Gasteiger charge is -2.29. The van der Waals surface area contributed by atoms with Gasteiger partial charge in [0.15, 0.2) is 0 Å². The van der Waals surface area contributed by atoms with Crippen LogP contribution < -0.4 is 0 Å². The van der Waals surface area contributed by atoms with Gasteiger partial charge in [-0.25, -0.2) is 0 Å². The number of benzene rings is 2. The van der Waals surface area contributed by atoms with Gasteiger partial charge < -0.3 is 10.1 Å². The maximum atomic E-state index is 12.6. The maximum absolute atomic E-state index is 12.6. The molecule has 0 radical (unpaired) electrons. The van der Waals surface area contributed by atoms with Crippen molar-refractivity contribution in [3.05, 3.63) is 70.8 Å². The van der Waals surface area contributed by atoms with Crippen LogP contribution in [0.2, 0.25) is 0 Å². The molecule has 2 aromatic rings. The molecule has 0 bridgehead atoms. The monoisotopic (exact) mass is 320 g/mol. The number of hydrogen-bond acceptors (Lipinski definition) is 3. The normalized spacial score (nSPS) is 24.6. The Bertz CT molecular complexity index is 828. The second-order valence-electron chi connectivity index (χ2n) is 6.59. The number of nitrogens with zero attached hydrogens (tertiary/aromatic N) is 2. The minimum Gasteiger partial charge on any atom is -0.411 e. The van der Waals surface area contributed by atoms with Gasteiger partial charge in [-0.1, -0.05) is 47.6 Å². The van der Waals surface area contributed by atoms with Gasteiger partial charge in [-0.15, -0.1) is 0 Å². The molecule has 4 rings (SSSR count). The van der Waals surface area contributed by atoms with Crippen molar-refractivity contribution >= 4 is 11.6 Å². The van der Waals surface area contributed by atoms with E-state index in [9.17, 15) is 10.0 Å². The van der Waals surface area contributed by atoms with Crippen LogP contribution >= 0.6 is 0 Å². The fourth-order valence-corrected chi connectivity index (χ4v) is 4.23. The molecule has 1 amide bonds. The molecule has 1 N–H and O–H groups in total. The van der Waals surface area contributed by atoms with Gasteiger partial charge in [0.2, 0.25) is 0 Å². The number of fused-ring (bicyclic) bond motifs is 2. The van der Waals surface area contributed by atoms with Crippen LogP contribution in [0.1, 0.15) is 45.9 Å². The zero-order valence-electron chi connectivity index (χ0n) is 13.6. The van der Waals surface area contributed by atoms with Gasteiger partial charge >= 0.3 is 0 Å². The van der Waals surface area contributed by atoms with Gasteiger partial charge in [0, 0.05) is 24.1 Å². The first-order valence-corrected chi connectivity index (χ1v) is 8.38. The Morgan fingerprint density at radius 2 is 1.79 bits per heavy atom. The number of carbonyl (C=O) groups is 1. The fourth-order valence-electron chi connectivity index (χ4n) is 4.23. The number of oxime groups is 1. The Hall–Kier alpha value is -2.62. The van der Waals surface area contributed by atoms with Crippen LogP contribution in [0.3, 0.4) is 0 Å². The van der Waals surface area contributed by atoms with E-state index in [1.165, 1.54) is 5.56 Å². The van der Waals surface area contributed by atoms with Crippen LogP contribution in [-0.4, -0.2) is 28.8 Å². The average molecular weight is 320 g/mol. The summed E-state index contributed by atoms with van der Waals surface area (Å²) in [5.41, 5.74) is 4.72. The lowest BCUT2D eigenvalue weighted by molar-refractivity contribution is 0.0747. The Morgan fingerprint density at radius 3 is 2.58 bits per heavy atom. The predicted molar refractivity (Wildman–Crippen MR) is 92.5 cm³/mol. The molecule has 24 heavy (non-hydrogen) atoms. The van der Waals surface area contributed by atoms with Gasteiger partial charge in [0.1, 0.15) is 0 Å². The highest BCUT2D eigenvalue weighted by atomic mass is 16.4. The molecule has 122 valence electrons. The number of rotatable bonds is 1. The summed E-state index contributed by atoms with van der Waals surface area (Å²) in [6.07, 6.45) is 2.88. The summed E-state index contributed by atoms with van der Waals surface area (Å²) < 4.78 is 0. The third kappa shape index (κ3) is 2.13. The summed E-state index contributed by atoms with van der Waals surface area (Å²) in [5, 5.41) is 13.5. The van der Waals surface area contributed by atoms with Crippen LogP contribution in [0.4, 0.5) is 0 Å². The number of hydrogen-bond donors (Lipinski definition) is 1. The zero-order valence-corrected chi connectivity index (χ0v) is 13.6. The largest absolute Gasteiger partial charge is 0.411 e.